The smallest absolute Gasteiger partial charge is 0.126 e. The van der Waals surface area contributed by atoms with Crippen LogP contribution in [-0.4, -0.2) is 12.0 Å². The summed E-state index contributed by atoms with van der Waals surface area (Å²) in [6.07, 6.45) is 3.40. The van der Waals surface area contributed by atoms with Crippen molar-refractivity contribution in [2.45, 2.75) is 13.0 Å². The van der Waals surface area contributed by atoms with Crippen molar-refractivity contribution >= 4 is 0 Å². The lowest BCUT2D eigenvalue weighted by molar-refractivity contribution is 0.571. The second kappa shape index (κ2) is 5.23. The Balaban J connectivity index is 2.48. The first-order chi connectivity index (χ1) is 8.61. The molecule has 0 aliphatic rings. The summed E-state index contributed by atoms with van der Waals surface area (Å²) in [5.74, 6) is -1.14. The quantitative estimate of drug-likeness (QED) is 0.903. The minimum absolute atomic E-state index is 0.252. The Morgan fingerprint density at radius 3 is 2.39 bits per heavy atom. The van der Waals surface area contributed by atoms with Crippen LogP contribution in [0, 0.1) is 18.6 Å². The Labute approximate surface area is 105 Å². The predicted octanol–water partition coefficient (Wildman–Crippen LogP) is 2.98. The van der Waals surface area contributed by atoms with Gasteiger partial charge in [-0.25, -0.2) is 8.78 Å². The first kappa shape index (κ1) is 12.6. The molecule has 1 unspecified atom stereocenters. The van der Waals surface area contributed by atoms with Gasteiger partial charge in [0.2, 0.25) is 0 Å². The normalized spacial score (nSPS) is 12.4. The third kappa shape index (κ3) is 2.54. The Kier molecular flexibility index (Phi) is 3.67. The van der Waals surface area contributed by atoms with E-state index in [9.17, 15) is 8.78 Å². The van der Waals surface area contributed by atoms with Crippen molar-refractivity contribution in [1.29, 1.82) is 0 Å². The molecule has 0 aliphatic heterocycles. The van der Waals surface area contributed by atoms with E-state index in [1.807, 2.05) is 13.0 Å². The van der Waals surface area contributed by atoms with E-state index in [0.717, 1.165) is 17.2 Å². The number of hydrogen-bond donors (Lipinski definition) is 1. The minimum atomic E-state index is -0.572. The molecule has 0 radical (unpaired) electrons. The molecule has 0 saturated heterocycles. The maximum Gasteiger partial charge on any atom is 0.126 e. The van der Waals surface area contributed by atoms with Gasteiger partial charge in [0, 0.05) is 18.5 Å². The van der Waals surface area contributed by atoms with Gasteiger partial charge in [0.15, 0.2) is 0 Å². The van der Waals surface area contributed by atoms with E-state index in [1.165, 1.54) is 12.1 Å². The molecule has 2 rings (SSSR count). The largest absolute Gasteiger partial charge is 0.309 e. The molecule has 4 heteroatoms. The Morgan fingerprint density at radius 2 is 1.83 bits per heavy atom. The number of aromatic nitrogens is 1. The third-order valence-electron chi connectivity index (χ3n) is 2.88. The summed E-state index contributed by atoms with van der Waals surface area (Å²) in [5, 5.41) is 3.07. The molecule has 2 nitrogen and oxygen atoms in total. The lowest BCUT2D eigenvalue weighted by Gasteiger charge is -2.19. The first-order valence-electron chi connectivity index (χ1n) is 5.65. The Bertz CT molecular complexity index is 535. The lowest BCUT2D eigenvalue weighted by atomic mass is 9.96. The molecular weight excluding hydrogens is 234 g/mol. The summed E-state index contributed by atoms with van der Waals surface area (Å²) >= 11 is 0. The minimum Gasteiger partial charge on any atom is -0.309 e. The number of halogens is 2. The number of pyridine rings is 1. The fraction of sp³-hybridized carbons (Fsp3) is 0.214. The van der Waals surface area contributed by atoms with E-state index < -0.39 is 11.6 Å². The van der Waals surface area contributed by atoms with Gasteiger partial charge < -0.3 is 5.32 Å². The van der Waals surface area contributed by atoms with Crippen LogP contribution >= 0.6 is 0 Å². The number of aryl methyl sites for hydroxylation is 1. The van der Waals surface area contributed by atoms with Crippen molar-refractivity contribution in [2.24, 2.45) is 0 Å². The molecule has 0 bridgehead atoms. The van der Waals surface area contributed by atoms with Crippen molar-refractivity contribution in [2.75, 3.05) is 7.05 Å². The second-order valence-electron chi connectivity index (χ2n) is 4.16. The Hall–Kier alpha value is -1.81. The van der Waals surface area contributed by atoms with E-state index in [-0.39, 0.29) is 6.04 Å². The van der Waals surface area contributed by atoms with Crippen molar-refractivity contribution in [3.05, 3.63) is 65.0 Å². The van der Waals surface area contributed by atoms with Crippen molar-refractivity contribution in [3.63, 3.8) is 0 Å². The van der Waals surface area contributed by atoms with E-state index in [1.54, 1.807) is 19.4 Å². The number of benzene rings is 1. The number of nitrogens with zero attached hydrogens (tertiary/aromatic N) is 1. The third-order valence-corrected chi connectivity index (χ3v) is 2.88. The standard InChI is InChI=1S/C14H14F2N2/c1-9-8-18-4-3-13(9)14(17-2)10-5-11(15)7-12(16)6-10/h3-8,14,17H,1-2H3. The van der Waals surface area contributed by atoms with Crippen LogP contribution in [0.3, 0.4) is 0 Å². The van der Waals surface area contributed by atoms with Gasteiger partial charge in [-0.05, 0) is 48.9 Å². The van der Waals surface area contributed by atoms with E-state index in [4.69, 9.17) is 0 Å². The lowest BCUT2D eigenvalue weighted by Crippen LogP contribution is -2.19. The number of nitrogens with one attached hydrogen (secondary N) is 1. The van der Waals surface area contributed by atoms with Gasteiger partial charge in [-0.3, -0.25) is 4.98 Å². The fourth-order valence-corrected chi connectivity index (χ4v) is 2.05. The van der Waals surface area contributed by atoms with Crippen LogP contribution in [0.25, 0.3) is 0 Å². The topological polar surface area (TPSA) is 24.9 Å². The highest BCUT2D eigenvalue weighted by Crippen LogP contribution is 2.25. The number of hydrogen-bond acceptors (Lipinski definition) is 2. The highest BCUT2D eigenvalue weighted by molar-refractivity contribution is 5.35. The summed E-state index contributed by atoms with van der Waals surface area (Å²) < 4.78 is 26.5. The van der Waals surface area contributed by atoms with Crippen molar-refractivity contribution < 1.29 is 8.78 Å². The van der Waals surface area contributed by atoms with Crippen LogP contribution < -0.4 is 5.32 Å². The zero-order valence-electron chi connectivity index (χ0n) is 10.2. The average molecular weight is 248 g/mol. The molecule has 0 aliphatic carbocycles. The maximum atomic E-state index is 13.3. The van der Waals surface area contributed by atoms with Crippen molar-refractivity contribution in [3.8, 4) is 0 Å². The van der Waals surface area contributed by atoms with E-state index in [0.29, 0.717) is 5.56 Å². The van der Waals surface area contributed by atoms with E-state index in [2.05, 4.69) is 10.3 Å². The molecule has 1 atom stereocenters. The summed E-state index contributed by atoms with van der Waals surface area (Å²) in [4.78, 5) is 4.01. The molecule has 0 saturated carbocycles. The van der Waals surface area contributed by atoms with Crippen LogP contribution in [0.15, 0.2) is 36.7 Å². The first-order valence-corrected chi connectivity index (χ1v) is 5.65. The molecule has 1 heterocycles. The zero-order chi connectivity index (χ0) is 13.1. The maximum absolute atomic E-state index is 13.3. The molecule has 1 N–H and O–H groups in total. The van der Waals surface area contributed by atoms with Gasteiger partial charge in [-0.2, -0.15) is 0 Å². The van der Waals surface area contributed by atoms with Crippen LogP contribution in [0.2, 0.25) is 0 Å². The average Bonchev–Trinajstić information content (AvgIpc) is 2.31. The summed E-state index contributed by atoms with van der Waals surface area (Å²) in [5.41, 5.74) is 2.49. The Morgan fingerprint density at radius 1 is 1.17 bits per heavy atom. The van der Waals surface area contributed by atoms with Gasteiger partial charge in [0.05, 0.1) is 6.04 Å². The fourth-order valence-electron chi connectivity index (χ4n) is 2.05. The molecule has 0 spiro atoms. The summed E-state index contributed by atoms with van der Waals surface area (Å²) in [6, 6.07) is 5.14. The molecule has 0 fully saturated rings. The van der Waals surface area contributed by atoms with Gasteiger partial charge >= 0.3 is 0 Å². The summed E-state index contributed by atoms with van der Waals surface area (Å²) in [6.45, 7) is 1.92. The van der Waals surface area contributed by atoms with Crippen LogP contribution in [0.5, 0.6) is 0 Å². The van der Waals surface area contributed by atoms with Crippen molar-refractivity contribution in [1.82, 2.24) is 10.3 Å². The summed E-state index contributed by atoms with van der Waals surface area (Å²) in [7, 11) is 1.76. The molecule has 0 amide bonds. The molecule has 2 aromatic rings. The predicted molar refractivity (Wildman–Crippen MR) is 66.2 cm³/mol. The molecule has 18 heavy (non-hydrogen) atoms. The van der Waals surface area contributed by atoms with Crippen LogP contribution in [-0.2, 0) is 0 Å². The zero-order valence-corrected chi connectivity index (χ0v) is 10.2. The van der Waals surface area contributed by atoms with Gasteiger partial charge in [0.1, 0.15) is 11.6 Å². The highest BCUT2D eigenvalue weighted by atomic mass is 19.1. The molecular formula is C14H14F2N2. The van der Waals surface area contributed by atoms with Crippen LogP contribution in [0.4, 0.5) is 8.78 Å². The second-order valence-corrected chi connectivity index (χ2v) is 4.16. The van der Waals surface area contributed by atoms with Gasteiger partial charge in [-0.1, -0.05) is 0 Å². The van der Waals surface area contributed by atoms with Gasteiger partial charge in [-0.15, -0.1) is 0 Å². The van der Waals surface area contributed by atoms with Crippen LogP contribution in [0.1, 0.15) is 22.7 Å². The molecule has 94 valence electrons. The highest BCUT2D eigenvalue weighted by Gasteiger charge is 2.15. The molecule has 1 aromatic carbocycles. The molecule has 1 aromatic heterocycles. The van der Waals surface area contributed by atoms with Gasteiger partial charge in [0.25, 0.3) is 0 Å². The number of rotatable bonds is 3. The SMILES string of the molecule is CNC(c1cc(F)cc(F)c1)c1ccncc1C. The monoisotopic (exact) mass is 248 g/mol. The van der Waals surface area contributed by atoms with E-state index >= 15 is 0 Å².